The third-order valence-electron chi connectivity index (χ3n) is 2.49. The first-order valence-corrected chi connectivity index (χ1v) is 6.67. The molecule has 0 aliphatic heterocycles. The third kappa shape index (κ3) is 3.17. The number of rotatable bonds is 4. The minimum atomic E-state index is -0.529. The van der Waals surface area contributed by atoms with E-state index >= 15 is 0 Å². The molecule has 1 aromatic carbocycles. The largest absolute Gasteiger partial charge is 0.330 e. The summed E-state index contributed by atoms with van der Waals surface area (Å²) < 4.78 is 13.0. The van der Waals surface area contributed by atoms with Gasteiger partial charge in [-0.05, 0) is 24.7 Å². The first kappa shape index (κ1) is 14.1. The maximum atomic E-state index is 13.0. The number of amides is 1. The van der Waals surface area contributed by atoms with Crippen LogP contribution in [-0.2, 0) is 6.42 Å². The van der Waals surface area contributed by atoms with Gasteiger partial charge in [-0.2, -0.15) is 5.26 Å². The molecule has 5 nitrogen and oxygen atoms in total. The quantitative estimate of drug-likeness (QED) is 0.899. The summed E-state index contributed by atoms with van der Waals surface area (Å²) in [6, 6.07) is 5.42. The lowest BCUT2D eigenvalue weighted by Gasteiger charge is -2.05. The smallest absolute Gasteiger partial charge is 0.275 e. The van der Waals surface area contributed by atoms with Crippen molar-refractivity contribution in [2.45, 2.75) is 6.42 Å². The van der Waals surface area contributed by atoms with E-state index in [1.165, 1.54) is 23.5 Å². The highest BCUT2D eigenvalue weighted by molar-refractivity contribution is 7.09. The van der Waals surface area contributed by atoms with Crippen molar-refractivity contribution < 1.29 is 9.18 Å². The highest BCUT2D eigenvalue weighted by Crippen LogP contribution is 2.18. The standard InChI is InChI=1S/C13H11FN4OS/c14-9-1-2-10(8(5-9)6-16)18-13(19)11-7-20-12(17-11)3-4-15/h1-2,5,7H,3-4,15H2,(H,18,19). The van der Waals surface area contributed by atoms with Gasteiger partial charge in [0.2, 0.25) is 0 Å². The maximum absolute atomic E-state index is 13.0. The molecule has 1 amide bonds. The molecule has 0 saturated heterocycles. The Bertz CT molecular complexity index is 677. The van der Waals surface area contributed by atoms with Crippen LogP contribution in [-0.4, -0.2) is 17.4 Å². The fourth-order valence-corrected chi connectivity index (χ4v) is 2.35. The summed E-state index contributed by atoms with van der Waals surface area (Å²) in [4.78, 5) is 16.1. The Morgan fingerprint density at radius 1 is 1.55 bits per heavy atom. The summed E-state index contributed by atoms with van der Waals surface area (Å²) in [6.45, 7) is 0.463. The van der Waals surface area contributed by atoms with Crippen molar-refractivity contribution >= 4 is 22.9 Å². The van der Waals surface area contributed by atoms with Gasteiger partial charge < -0.3 is 11.1 Å². The van der Waals surface area contributed by atoms with Gasteiger partial charge >= 0.3 is 0 Å². The summed E-state index contributed by atoms with van der Waals surface area (Å²) in [6.07, 6.45) is 0.609. The zero-order valence-corrected chi connectivity index (χ0v) is 11.2. The van der Waals surface area contributed by atoms with Gasteiger partial charge in [-0.1, -0.05) is 0 Å². The molecule has 102 valence electrons. The van der Waals surface area contributed by atoms with Crippen molar-refractivity contribution in [3.05, 3.63) is 45.7 Å². The SMILES string of the molecule is N#Cc1cc(F)ccc1NC(=O)c1csc(CCN)n1. The number of hydrogen-bond acceptors (Lipinski definition) is 5. The zero-order valence-electron chi connectivity index (χ0n) is 10.4. The summed E-state index contributed by atoms with van der Waals surface area (Å²) in [5.41, 5.74) is 5.99. The van der Waals surface area contributed by atoms with Gasteiger partial charge in [0.25, 0.3) is 5.91 Å². The molecular formula is C13H11FN4OS. The summed E-state index contributed by atoms with van der Waals surface area (Å²) in [5.74, 6) is -0.967. The van der Waals surface area contributed by atoms with E-state index in [0.29, 0.717) is 13.0 Å². The number of carbonyl (C=O) groups is 1. The predicted octanol–water partition coefficient (Wildman–Crippen LogP) is 1.91. The molecule has 2 aromatic rings. The normalized spacial score (nSPS) is 10.1. The van der Waals surface area contributed by atoms with E-state index in [9.17, 15) is 9.18 Å². The van der Waals surface area contributed by atoms with Crippen LogP contribution < -0.4 is 11.1 Å². The number of aromatic nitrogens is 1. The Morgan fingerprint density at radius 2 is 2.35 bits per heavy atom. The Labute approximate surface area is 118 Å². The van der Waals surface area contributed by atoms with E-state index in [-0.39, 0.29) is 16.9 Å². The monoisotopic (exact) mass is 290 g/mol. The molecule has 0 spiro atoms. The van der Waals surface area contributed by atoms with E-state index in [1.54, 1.807) is 5.38 Å². The number of halogens is 1. The number of hydrogen-bond donors (Lipinski definition) is 2. The third-order valence-corrected chi connectivity index (χ3v) is 3.40. The summed E-state index contributed by atoms with van der Waals surface area (Å²) in [7, 11) is 0. The van der Waals surface area contributed by atoms with Crippen LogP contribution in [0.3, 0.4) is 0 Å². The predicted molar refractivity (Wildman–Crippen MR) is 73.9 cm³/mol. The molecule has 0 aliphatic rings. The van der Waals surface area contributed by atoms with Crippen LogP contribution in [0.25, 0.3) is 0 Å². The van der Waals surface area contributed by atoms with Gasteiger partial charge in [0.1, 0.15) is 17.6 Å². The van der Waals surface area contributed by atoms with Gasteiger partial charge in [-0.25, -0.2) is 9.37 Å². The van der Waals surface area contributed by atoms with Crippen molar-refractivity contribution in [2.24, 2.45) is 5.73 Å². The minimum absolute atomic E-state index is 0.0655. The second kappa shape index (κ2) is 6.23. The molecule has 2 rings (SSSR count). The number of nitriles is 1. The van der Waals surface area contributed by atoms with Crippen molar-refractivity contribution in [1.29, 1.82) is 5.26 Å². The highest BCUT2D eigenvalue weighted by atomic mass is 32.1. The zero-order chi connectivity index (χ0) is 14.5. The number of thiazole rings is 1. The van der Waals surface area contributed by atoms with E-state index in [0.717, 1.165) is 11.1 Å². The van der Waals surface area contributed by atoms with Gasteiger partial charge in [0.15, 0.2) is 0 Å². The molecule has 0 unspecified atom stereocenters. The van der Waals surface area contributed by atoms with Gasteiger partial charge in [-0.3, -0.25) is 4.79 Å². The van der Waals surface area contributed by atoms with Gasteiger partial charge in [0, 0.05) is 11.8 Å². The van der Waals surface area contributed by atoms with Crippen LogP contribution in [0.15, 0.2) is 23.6 Å². The van der Waals surface area contributed by atoms with Gasteiger partial charge in [0.05, 0.1) is 16.3 Å². The van der Waals surface area contributed by atoms with Crippen LogP contribution >= 0.6 is 11.3 Å². The summed E-state index contributed by atoms with van der Waals surface area (Å²) in [5, 5.41) is 13.8. The molecule has 0 aliphatic carbocycles. The Hall–Kier alpha value is -2.30. The number of carbonyl (C=O) groups excluding carboxylic acids is 1. The van der Waals surface area contributed by atoms with E-state index in [4.69, 9.17) is 11.0 Å². The number of benzene rings is 1. The minimum Gasteiger partial charge on any atom is -0.330 e. The number of nitrogens with zero attached hydrogens (tertiary/aromatic N) is 2. The molecule has 3 N–H and O–H groups in total. The number of anilines is 1. The number of nitrogens with two attached hydrogens (primary N) is 1. The van der Waals surface area contributed by atoms with E-state index in [1.807, 2.05) is 6.07 Å². The highest BCUT2D eigenvalue weighted by Gasteiger charge is 2.13. The molecule has 1 heterocycles. The molecule has 1 aromatic heterocycles. The molecule has 0 saturated carbocycles. The average molecular weight is 290 g/mol. The van der Waals surface area contributed by atoms with Crippen molar-refractivity contribution in [2.75, 3.05) is 11.9 Å². The molecule has 0 bridgehead atoms. The molecule has 0 fully saturated rings. The van der Waals surface area contributed by atoms with E-state index < -0.39 is 11.7 Å². The topological polar surface area (TPSA) is 91.8 Å². The molecule has 0 radical (unpaired) electrons. The fraction of sp³-hybridized carbons (Fsp3) is 0.154. The fourth-order valence-electron chi connectivity index (χ4n) is 1.56. The first-order valence-electron chi connectivity index (χ1n) is 5.79. The number of nitrogens with one attached hydrogen (secondary N) is 1. The van der Waals surface area contributed by atoms with Gasteiger partial charge in [-0.15, -0.1) is 11.3 Å². The van der Waals surface area contributed by atoms with Crippen LogP contribution in [0.2, 0.25) is 0 Å². The maximum Gasteiger partial charge on any atom is 0.275 e. The molecule has 7 heteroatoms. The van der Waals surface area contributed by atoms with Crippen molar-refractivity contribution in [1.82, 2.24) is 4.98 Å². The van der Waals surface area contributed by atoms with Crippen molar-refractivity contribution in [3.8, 4) is 6.07 Å². The Balaban J connectivity index is 2.17. The molecular weight excluding hydrogens is 279 g/mol. The average Bonchev–Trinajstić information content (AvgIpc) is 2.90. The molecule has 0 atom stereocenters. The van der Waals surface area contributed by atoms with Crippen molar-refractivity contribution in [3.63, 3.8) is 0 Å². The van der Waals surface area contributed by atoms with Crippen LogP contribution in [0, 0.1) is 17.1 Å². The lowest BCUT2D eigenvalue weighted by Crippen LogP contribution is -2.13. The van der Waals surface area contributed by atoms with E-state index in [2.05, 4.69) is 10.3 Å². The second-order valence-electron chi connectivity index (χ2n) is 3.92. The first-order chi connectivity index (χ1) is 9.63. The van der Waals surface area contributed by atoms with Crippen LogP contribution in [0.5, 0.6) is 0 Å². The summed E-state index contributed by atoms with van der Waals surface area (Å²) >= 11 is 1.35. The molecule has 20 heavy (non-hydrogen) atoms. The second-order valence-corrected chi connectivity index (χ2v) is 4.86. The van der Waals surface area contributed by atoms with Crippen LogP contribution in [0.1, 0.15) is 21.1 Å². The van der Waals surface area contributed by atoms with Crippen LogP contribution in [0.4, 0.5) is 10.1 Å². The Kier molecular flexibility index (Phi) is 4.40. The Morgan fingerprint density at radius 3 is 3.05 bits per heavy atom. The lowest BCUT2D eigenvalue weighted by molar-refractivity contribution is 0.102. The lowest BCUT2D eigenvalue weighted by atomic mass is 10.2.